The van der Waals surface area contributed by atoms with Gasteiger partial charge in [0.1, 0.15) is 5.41 Å². The topological polar surface area (TPSA) is 66.5 Å². The van der Waals surface area contributed by atoms with E-state index >= 15 is 0 Å². The van der Waals surface area contributed by atoms with Crippen LogP contribution in [0.2, 0.25) is 0 Å². The molecular formula is C10H14N2O3. The van der Waals surface area contributed by atoms with Crippen LogP contribution in [0.4, 0.5) is 4.79 Å². The number of hydrogen-bond donors (Lipinski definition) is 1. The highest BCUT2D eigenvalue weighted by Crippen LogP contribution is 2.44. The standard InChI is InChI=1S/C10H14N2O3/c1-9(2)6(13)11-8(15)12(7(9)14)10(3)4-5-10/h4-5H2,1-3H3,(H,11,13,15). The highest BCUT2D eigenvalue weighted by molar-refractivity contribution is 6.19. The fraction of sp³-hybridized carbons (Fsp3) is 0.700. The second kappa shape index (κ2) is 2.59. The number of amides is 4. The molecule has 82 valence electrons. The van der Waals surface area contributed by atoms with Crippen LogP contribution in [-0.2, 0) is 9.59 Å². The lowest BCUT2D eigenvalue weighted by Gasteiger charge is -2.38. The summed E-state index contributed by atoms with van der Waals surface area (Å²) in [5.41, 5.74) is -1.52. The molecule has 5 nitrogen and oxygen atoms in total. The van der Waals surface area contributed by atoms with Gasteiger partial charge in [-0.1, -0.05) is 0 Å². The predicted octanol–water partition coefficient (Wildman–Crippen LogP) is 0.643. The molecule has 0 aromatic carbocycles. The van der Waals surface area contributed by atoms with Gasteiger partial charge in [0.2, 0.25) is 11.8 Å². The largest absolute Gasteiger partial charge is 0.331 e. The van der Waals surface area contributed by atoms with Crippen LogP contribution < -0.4 is 5.32 Å². The number of hydrogen-bond acceptors (Lipinski definition) is 3. The zero-order chi connectivity index (χ0) is 11.4. The van der Waals surface area contributed by atoms with Crippen molar-refractivity contribution in [2.24, 2.45) is 5.41 Å². The molecule has 0 unspecified atom stereocenters. The second-order valence-electron chi connectivity index (χ2n) is 5.02. The van der Waals surface area contributed by atoms with Crippen LogP contribution in [0.1, 0.15) is 33.6 Å². The smallest absolute Gasteiger partial charge is 0.277 e. The minimum atomic E-state index is -1.14. The maximum absolute atomic E-state index is 12.0. The van der Waals surface area contributed by atoms with Gasteiger partial charge < -0.3 is 0 Å². The first-order chi connectivity index (χ1) is 6.79. The van der Waals surface area contributed by atoms with Gasteiger partial charge in [0, 0.05) is 5.54 Å². The van der Waals surface area contributed by atoms with Gasteiger partial charge in [-0.2, -0.15) is 0 Å². The van der Waals surface area contributed by atoms with Crippen LogP contribution in [-0.4, -0.2) is 28.3 Å². The van der Waals surface area contributed by atoms with Crippen LogP contribution >= 0.6 is 0 Å². The van der Waals surface area contributed by atoms with Gasteiger partial charge >= 0.3 is 6.03 Å². The molecular weight excluding hydrogens is 196 g/mol. The lowest BCUT2D eigenvalue weighted by molar-refractivity contribution is -0.150. The van der Waals surface area contributed by atoms with Crippen molar-refractivity contribution in [1.82, 2.24) is 10.2 Å². The van der Waals surface area contributed by atoms with Crippen LogP contribution in [0.5, 0.6) is 0 Å². The summed E-state index contributed by atoms with van der Waals surface area (Å²) in [6, 6.07) is -0.579. The van der Waals surface area contributed by atoms with Crippen molar-refractivity contribution >= 4 is 17.8 Å². The van der Waals surface area contributed by atoms with E-state index in [0.29, 0.717) is 0 Å². The Hall–Kier alpha value is -1.39. The average molecular weight is 210 g/mol. The molecule has 15 heavy (non-hydrogen) atoms. The molecule has 0 atom stereocenters. The van der Waals surface area contributed by atoms with Crippen LogP contribution in [0.25, 0.3) is 0 Å². The number of nitrogens with one attached hydrogen (secondary N) is 1. The van der Waals surface area contributed by atoms with E-state index in [1.54, 1.807) is 0 Å². The summed E-state index contributed by atoms with van der Waals surface area (Å²) in [6.45, 7) is 4.93. The molecule has 1 aliphatic carbocycles. The van der Waals surface area contributed by atoms with E-state index in [4.69, 9.17) is 0 Å². The Morgan fingerprint density at radius 1 is 1.13 bits per heavy atom. The predicted molar refractivity (Wildman–Crippen MR) is 51.8 cm³/mol. The zero-order valence-corrected chi connectivity index (χ0v) is 9.09. The summed E-state index contributed by atoms with van der Waals surface area (Å²) in [6.07, 6.45) is 1.63. The van der Waals surface area contributed by atoms with E-state index in [-0.39, 0.29) is 5.54 Å². The van der Waals surface area contributed by atoms with Crippen LogP contribution in [0.3, 0.4) is 0 Å². The first kappa shape index (κ1) is 10.1. The van der Waals surface area contributed by atoms with Crippen molar-refractivity contribution in [1.29, 1.82) is 0 Å². The molecule has 2 fully saturated rings. The Kier molecular flexibility index (Phi) is 1.75. The van der Waals surface area contributed by atoms with Gasteiger partial charge in [-0.3, -0.25) is 19.8 Å². The van der Waals surface area contributed by atoms with Crippen molar-refractivity contribution in [2.75, 3.05) is 0 Å². The molecule has 1 heterocycles. The number of urea groups is 1. The van der Waals surface area contributed by atoms with E-state index in [9.17, 15) is 14.4 Å². The second-order valence-corrected chi connectivity index (χ2v) is 5.02. The van der Waals surface area contributed by atoms with Crippen LogP contribution in [0, 0.1) is 5.41 Å². The van der Waals surface area contributed by atoms with Crippen molar-refractivity contribution in [3.63, 3.8) is 0 Å². The van der Waals surface area contributed by atoms with Gasteiger partial charge in [0.05, 0.1) is 0 Å². The number of carbonyl (C=O) groups excluding carboxylic acids is 3. The third-order valence-electron chi connectivity index (χ3n) is 3.24. The summed E-state index contributed by atoms with van der Waals surface area (Å²) in [7, 11) is 0. The average Bonchev–Trinajstić information content (AvgIpc) is 2.81. The number of nitrogens with zero attached hydrogens (tertiary/aromatic N) is 1. The van der Waals surface area contributed by atoms with Gasteiger partial charge in [-0.15, -0.1) is 0 Å². The lowest BCUT2D eigenvalue weighted by Crippen LogP contribution is -2.64. The highest BCUT2D eigenvalue weighted by Gasteiger charge is 2.57. The maximum atomic E-state index is 12.0. The summed E-state index contributed by atoms with van der Waals surface area (Å²) >= 11 is 0. The molecule has 1 saturated heterocycles. The summed E-state index contributed by atoms with van der Waals surface area (Å²) < 4.78 is 0. The molecule has 0 bridgehead atoms. The minimum absolute atomic E-state index is 0.376. The first-order valence-corrected chi connectivity index (χ1v) is 4.99. The Bertz CT molecular complexity index is 369. The van der Waals surface area contributed by atoms with Gasteiger partial charge in [0.25, 0.3) is 0 Å². The zero-order valence-electron chi connectivity index (χ0n) is 9.09. The molecule has 0 aromatic rings. The van der Waals surface area contributed by atoms with Crippen molar-refractivity contribution in [3.8, 4) is 0 Å². The normalized spacial score (nSPS) is 27.7. The molecule has 5 heteroatoms. The Balaban J connectivity index is 2.36. The molecule has 1 saturated carbocycles. The van der Waals surface area contributed by atoms with Gasteiger partial charge in [-0.25, -0.2) is 4.79 Å². The summed E-state index contributed by atoms with van der Waals surface area (Å²) in [5.74, 6) is -0.908. The minimum Gasteiger partial charge on any atom is -0.277 e. The molecule has 1 N–H and O–H groups in total. The van der Waals surface area contributed by atoms with Crippen molar-refractivity contribution < 1.29 is 14.4 Å². The summed E-state index contributed by atoms with van der Waals surface area (Å²) in [4.78, 5) is 36.2. The Labute approximate surface area is 87.8 Å². The van der Waals surface area contributed by atoms with E-state index in [0.717, 1.165) is 12.8 Å². The third-order valence-corrected chi connectivity index (χ3v) is 3.24. The monoisotopic (exact) mass is 210 g/mol. The summed E-state index contributed by atoms with van der Waals surface area (Å²) in [5, 5.41) is 2.22. The van der Waals surface area contributed by atoms with Crippen molar-refractivity contribution in [3.05, 3.63) is 0 Å². The fourth-order valence-corrected chi connectivity index (χ4v) is 1.67. The Morgan fingerprint density at radius 2 is 1.67 bits per heavy atom. The molecule has 0 radical (unpaired) electrons. The van der Waals surface area contributed by atoms with Gasteiger partial charge in [-0.05, 0) is 33.6 Å². The van der Waals surface area contributed by atoms with E-state index < -0.39 is 23.3 Å². The molecule has 4 amide bonds. The molecule has 0 spiro atoms. The number of imide groups is 2. The lowest BCUT2D eigenvalue weighted by atomic mass is 9.88. The maximum Gasteiger partial charge on any atom is 0.331 e. The number of barbiturate groups is 1. The fourth-order valence-electron chi connectivity index (χ4n) is 1.67. The van der Waals surface area contributed by atoms with Crippen molar-refractivity contribution in [2.45, 2.75) is 39.2 Å². The SMILES string of the molecule is CC1(C)C(=O)NC(=O)N(C2(C)CC2)C1=O. The Morgan fingerprint density at radius 3 is 2.13 bits per heavy atom. The molecule has 0 aromatic heterocycles. The number of rotatable bonds is 1. The van der Waals surface area contributed by atoms with Crippen LogP contribution in [0.15, 0.2) is 0 Å². The van der Waals surface area contributed by atoms with Gasteiger partial charge in [0.15, 0.2) is 0 Å². The molecule has 2 aliphatic rings. The quantitative estimate of drug-likeness (QED) is 0.646. The van der Waals surface area contributed by atoms with E-state index in [1.807, 2.05) is 6.92 Å². The van der Waals surface area contributed by atoms with E-state index in [2.05, 4.69) is 5.32 Å². The van der Waals surface area contributed by atoms with E-state index in [1.165, 1.54) is 18.7 Å². The molecule has 2 rings (SSSR count). The first-order valence-electron chi connectivity index (χ1n) is 4.99. The highest BCUT2D eigenvalue weighted by atomic mass is 16.2. The molecule has 1 aliphatic heterocycles. The number of carbonyl (C=O) groups is 3. The third kappa shape index (κ3) is 1.26.